The van der Waals surface area contributed by atoms with E-state index in [9.17, 15) is 0 Å². The molecule has 1 nitrogen and oxygen atoms in total. The number of allylic oxidation sites excluding steroid dienone is 13. The highest BCUT2D eigenvalue weighted by atomic mass is 15.1. The normalized spacial score (nSPS) is 18.4. The van der Waals surface area contributed by atoms with Crippen LogP contribution >= 0.6 is 0 Å². The molecule has 2 aliphatic carbocycles. The summed E-state index contributed by atoms with van der Waals surface area (Å²) in [4.78, 5) is 2.41. The zero-order chi connectivity index (χ0) is 41.8. The van der Waals surface area contributed by atoms with Gasteiger partial charge in [0.1, 0.15) is 0 Å². The molecular formula is C59H59N. The minimum absolute atomic E-state index is 0.352. The van der Waals surface area contributed by atoms with Gasteiger partial charge in [-0.05, 0) is 147 Å². The van der Waals surface area contributed by atoms with E-state index < -0.39 is 0 Å². The van der Waals surface area contributed by atoms with Gasteiger partial charge in [0, 0.05) is 17.1 Å². The maximum Gasteiger partial charge on any atom is 0.0473 e. The van der Waals surface area contributed by atoms with Crippen LogP contribution in [0.1, 0.15) is 82.6 Å². The summed E-state index contributed by atoms with van der Waals surface area (Å²) in [5.41, 5.74) is 15.0. The quantitative estimate of drug-likeness (QED) is 0.125. The summed E-state index contributed by atoms with van der Waals surface area (Å²) >= 11 is 0. The van der Waals surface area contributed by atoms with Gasteiger partial charge in [0.05, 0.1) is 0 Å². The summed E-state index contributed by atoms with van der Waals surface area (Å²) in [6, 6.07) is 43.0. The van der Waals surface area contributed by atoms with E-state index >= 15 is 0 Å². The first-order valence-corrected chi connectivity index (χ1v) is 22.0. The van der Waals surface area contributed by atoms with Crippen molar-refractivity contribution >= 4 is 56.3 Å². The number of aryl methyl sites for hydroxylation is 1. The maximum absolute atomic E-state index is 4.34. The molecule has 1 unspecified atom stereocenters. The van der Waals surface area contributed by atoms with E-state index in [1.807, 2.05) is 13.8 Å². The van der Waals surface area contributed by atoms with Crippen LogP contribution in [0, 0.1) is 5.92 Å². The molecule has 1 atom stereocenters. The molecular weight excluding hydrogens is 723 g/mol. The minimum Gasteiger partial charge on any atom is -0.310 e. The van der Waals surface area contributed by atoms with E-state index in [4.69, 9.17) is 0 Å². The van der Waals surface area contributed by atoms with Gasteiger partial charge >= 0.3 is 0 Å². The Morgan fingerprint density at radius 3 is 2.12 bits per heavy atom. The summed E-state index contributed by atoms with van der Waals surface area (Å²) in [5, 5.41) is 5.04. The molecule has 0 aliphatic heterocycles. The van der Waals surface area contributed by atoms with Crippen molar-refractivity contribution in [2.24, 2.45) is 5.92 Å². The Morgan fingerprint density at radius 2 is 1.42 bits per heavy atom. The molecule has 0 saturated heterocycles. The number of benzene rings is 6. The highest BCUT2D eigenvalue weighted by Crippen LogP contribution is 2.42. The van der Waals surface area contributed by atoms with Gasteiger partial charge in [0.2, 0.25) is 0 Å². The van der Waals surface area contributed by atoms with Gasteiger partial charge in [-0.1, -0.05) is 192 Å². The van der Waals surface area contributed by atoms with Crippen LogP contribution in [0.25, 0.3) is 50.4 Å². The van der Waals surface area contributed by atoms with Crippen molar-refractivity contribution < 1.29 is 0 Å². The Labute approximate surface area is 359 Å². The molecule has 0 radical (unpaired) electrons. The summed E-state index contributed by atoms with van der Waals surface area (Å²) in [6.45, 7) is 14.9. The van der Waals surface area contributed by atoms with Crippen molar-refractivity contribution in [3.05, 3.63) is 216 Å². The molecule has 8 rings (SSSR count). The van der Waals surface area contributed by atoms with E-state index in [0.29, 0.717) is 5.92 Å². The average molecular weight is 782 g/mol. The minimum atomic E-state index is 0.352. The van der Waals surface area contributed by atoms with Gasteiger partial charge in [-0.3, -0.25) is 0 Å². The van der Waals surface area contributed by atoms with Crippen LogP contribution in [-0.4, -0.2) is 0 Å². The molecule has 6 aromatic rings. The first-order valence-electron chi connectivity index (χ1n) is 22.0. The van der Waals surface area contributed by atoms with Crippen LogP contribution < -0.4 is 4.90 Å². The number of hydrogen-bond donors (Lipinski definition) is 0. The lowest BCUT2D eigenvalue weighted by molar-refractivity contribution is 0.868. The Balaban J connectivity index is 0.00000268. The maximum atomic E-state index is 4.34. The molecule has 0 amide bonds. The van der Waals surface area contributed by atoms with E-state index in [0.717, 1.165) is 49.2 Å². The zero-order valence-electron chi connectivity index (χ0n) is 36.2. The molecule has 2 aliphatic rings. The second-order valence-corrected chi connectivity index (χ2v) is 15.5. The molecule has 1 heteroatoms. The van der Waals surface area contributed by atoms with Crippen LogP contribution in [0.3, 0.4) is 0 Å². The molecule has 300 valence electrons. The predicted octanol–water partition coefficient (Wildman–Crippen LogP) is 17.5. The fraction of sp³-hybridized carbons (Fsp3) is 0.186. The van der Waals surface area contributed by atoms with Crippen LogP contribution in [0.4, 0.5) is 17.1 Å². The first kappa shape index (κ1) is 41.7. The van der Waals surface area contributed by atoms with Crippen molar-refractivity contribution in [2.45, 2.75) is 66.7 Å². The average Bonchev–Trinajstić information content (AvgIpc) is 3.29. The van der Waals surface area contributed by atoms with Crippen molar-refractivity contribution in [3.8, 4) is 11.1 Å². The van der Waals surface area contributed by atoms with E-state index in [1.54, 1.807) is 0 Å². The lowest BCUT2D eigenvalue weighted by atomic mass is 9.86. The van der Waals surface area contributed by atoms with Crippen LogP contribution in [-0.2, 0) is 6.42 Å². The molecule has 0 bridgehead atoms. The van der Waals surface area contributed by atoms with Gasteiger partial charge in [-0.2, -0.15) is 0 Å². The Kier molecular flexibility index (Phi) is 13.9. The van der Waals surface area contributed by atoms with E-state index in [1.165, 1.54) is 71.6 Å². The molecule has 0 saturated carbocycles. The lowest BCUT2D eigenvalue weighted by Crippen LogP contribution is -2.10. The van der Waals surface area contributed by atoms with Gasteiger partial charge in [-0.25, -0.2) is 0 Å². The molecule has 0 fully saturated rings. The number of anilines is 3. The summed E-state index contributed by atoms with van der Waals surface area (Å²) in [5.74, 6) is 0.352. The fourth-order valence-corrected chi connectivity index (χ4v) is 8.75. The fourth-order valence-electron chi connectivity index (χ4n) is 8.75. The van der Waals surface area contributed by atoms with E-state index in [-0.39, 0.29) is 0 Å². The Hall–Kier alpha value is -6.44. The number of hydrogen-bond acceptors (Lipinski definition) is 1. The smallest absolute Gasteiger partial charge is 0.0473 e. The second kappa shape index (κ2) is 20.0. The molecule has 6 aromatic carbocycles. The summed E-state index contributed by atoms with van der Waals surface area (Å²) in [6.07, 6.45) is 31.7. The standard InChI is InChI=1S/C57H53N.C2H6/c1-5-8-10-21-47-39-51(40-48-24-13-16-25-53(47)48)58(49-33-29-42(30-34-49)54-26-12-9-11-20-41(4)37-44(19-6-2)52(54)7-3)50-35-31-43(32-36-50)57-55-27-17-14-22-45(55)38-46-23-15-18-28-56(46)57;1-2/h5,7-14,16-18,20-22,24-25,27-41H,3,6,15,19,23,26H2,1-2,4H3;1-2H3/b8-5-,12-9-,20-11-,21-10-,44-37-,54-52+;. The van der Waals surface area contributed by atoms with Crippen molar-refractivity contribution in [2.75, 3.05) is 4.90 Å². The van der Waals surface area contributed by atoms with E-state index in [2.05, 4.69) is 220 Å². The van der Waals surface area contributed by atoms with Gasteiger partial charge in [-0.15, -0.1) is 0 Å². The predicted molar refractivity (Wildman–Crippen MR) is 266 cm³/mol. The van der Waals surface area contributed by atoms with Crippen LogP contribution in [0.15, 0.2) is 194 Å². The Bertz CT molecular complexity index is 2670. The van der Waals surface area contributed by atoms with Crippen molar-refractivity contribution in [1.29, 1.82) is 0 Å². The number of rotatable bonds is 10. The lowest BCUT2D eigenvalue weighted by Gasteiger charge is -2.27. The highest BCUT2D eigenvalue weighted by Gasteiger charge is 2.19. The zero-order valence-corrected chi connectivity index (χ0v) is 36.2. The van der Waals surface area contributed by atoms with Crippen molar-refractivity contribution in [1.82, 2.24) is 0 Å². The summed E-state index contributed by atoms with van der Waals surface area (Å²) in [7, 11) is 0. The number of nitrogens with zero attached hydrogens (tertiary/aromatic N) is 1. The van der Waals surface area contributed by atoms with Crippen LogP contribution in [0.5, 0.6) is 0 Å². The molecule has 0 aromatic heterocycles. The van der Waals surface area contributed by atoms with Gasteiger partial charge in [0.25, 0.3) is 0 Å². The number of fused-ring (bicyclic) bond motifs is 3. The van der Waals surface area contributed by atoms with Gasteiger partial charge in [0.15, 0.2) is 0 Å². The third kappa shape index (κ3) is 9.07. The SMILES string of the molecule is C=CC1=C(\c2ccc(N(c3ccc(-c4c5c(cc6ccccc46)CCC=C5)cc3)c3cc(/C=C\C=C/C)c4ccccc4c3)cc2)C/C=C\C=C/C(C)/C=C\1CCC.CC. The van der Waals surface area contributed by atoms with Crippen LogP contribution in [0.2, 0.25) is 0 Å². The molecule has 0 spiro atoms. The third-order valence-electron chi connectivity index (χ3n) is 11.5. The second-order valence-electron chi connectivity index (χ2n) is 15.5. The van der Waals surface area contributed by atoms with Crippen molar-refractivity contribution in [3.63, 3.8) is 0 Å². The topological polar surface area (TPSA) is 3.24 Å². The first-order chi connectivity index (χ1) is 29.6. The summed E-state index contributed by atoms with van der Waals surface area (Å²) < 4.78 is 0. The Morgan fingerprint density at radius 1 is 0.733 bits per heavy atom. The van der Waals surface area contributed by atoms with Gasteiger partial charge < -0.3 is 4.90 Å². The monoisotopic (exact) mass is 781 g/mol. The molecule has 0 N–H and O–H groups in total. The highest BCUT2D eigenvalue weighted by molar-refractivity contribution is 6.02. The molecule has 0 heterocycles. The molecule has 60 heavy (non-hydrogen) atoms. The third-order valence-corrected chi connectivity index (χ3v) is 11.5. The largest absolute Gasteiger partial charge is 0.310 e.